The number of Topliss-reactive ketones (excluding diaryl/α,β-unsaturated/α-hetero) is 1. The zero-order valence-corrected chi connectivity index (χ0v) is 14.4. The molecule has 0 unspecified atom stereocenters. The van der Waals surface area contributed by atoms with E-state index in [0.717, 1.165) is 0 Å². The number of ketones is 1. The van der Waals surface area contributed by atoms with Crippen LogP contribution in [-0.2, 0) is 19.0 Å². The van der Waals surface area contributed by atoms with Gasteiger partial charge in [-0.25, -0.2) is 0 Å². The molecule has 1 aromatic rings. The van der Waals surface area contributed by atoms with E-state index < -0.39 is 24.1 Å². The van der Waals surface area contributed by atoms with Crippen molar-refractivity contribution in [3.8, 4) is 0 Å². The van der Waals surface area contributed by atoms with Gasteiger partial charge in [0.25, 0.3) is 0 Å². The number of nitrogens with two attached hydrogens (primary N) is 1. The number of fused-ring (bicyclic) bond motifs is 1. The number of benzene rings is 1. The summed E-state index contributed by atoms with van der Waals surface area (Å²) in [5.41, 5.74) is 7.12. The third-order valence-electron chi connectivity index (χ3n) is 4.01. The number of carbonyl (C=O) groups is 1. The summed E-state index contributed by atoms with van der Waals surface area (Å²) in [6.45, 7) is 3.51. The summed E-state index contributed by atoms with van der Waals surface area (Å²) in [6.07, 6.45) is -1.93. The molecule has 7 heteroatoms. The molecule has 3 rings (SSSR count). The Balaban J connectivity index is 2.11. The molecular formula is C16H17Cl2NO4. The first-order valence-electron chi connectivity index (χ1n) is 7.13. The van der Waals surface area contributed by atoms with Crippen LogP contribution in [0.25, 0.3) is 5.70 Å². The molecule has 5 nitrogen and oxygen atoms in total. The number of hydrogen-bond donors (Lipinski definition) is 1. The van der Waals surface area contributed by atoms with E-state index in [1.807, 2.05) is 0 Å². The van der Waals surface area contributed by atoms with E-state index in [1.54, 1.807) is 32.0 Å². The lowest BCUT2D eigenvalue weighted by Gasteiger charge is -2.23. The van der Waals surface area contributed by atoms with Crippen LogP contribution in [0.4, 0.5) is 0 Å². The van der Waals surface area contributed by atoms with E-state index in [9.17, 15) is 4.79 Å². The number of rotatable bonds is 2. The minimum Gasteiger partial charge on any atom is -0.398 e. The summed E-state index contributed by atoms with van der Waals surface area (Å²) in [4.78, 5) is 12.8. The quantitative estimate of drug-likeness (QED) is 0.824. The fourth-order valence-corrected chi connectivity index (χ4v) is 3.70. The Morgan fingerprint density at radius 3 is 2.43 bits per heavy atom. The van der Waals surface area contributed by atoms with Gasteiger partial charge in [-0.3, -0.25) is 4.79 Å². The molecule has 1 aliphatic carbocycles. The maximum Gasteiger partial charge on any atom is 0.195 e. The molecule has 0 bridgehead atoms. The number of methoxy groups -OCH3 is 1. The average molecular weight is 358 g/mol. The maximum atomic E-state index is 12.8. The summed E-state index contributed by atoms with van der Waals surface area (Å²) in [5.74, 6) is -1.11. The van der Waals surface area contributed by atoms with Crippen LogP contribution in [-0.4, -0.2) is 37.0 Å². The molecule has 23 heavy (non-hydrogen) atoms. The molecular weight excluding hydrogens is 341 g/mol. The lowest BCUT2D eigenvalue weighted by atomic mass is 10.0. The first-order chi connectivity index (χ1) is 10.8. The topological polar surface area (TPSA) is 70.8 Å². The van der Waals surface area contributed by atoms with Crippen molar-refractivity contribution < 1.29 is 19.0 Å². The predicted octanol–water partition coefficient (Wildman–Crippen LogP) is 2.78. The van der Waals surface area contributed by atoms with Gasteiger partial charge in [0, 0.05) is 12.7 Å². The van der Waals surface area contributed by atoms with Crippen LogP contribution in [0.2, 0.25) is 10.0 Å². The van der Waals surface area contributed by atoms with Crippen LogP contribution in [0.5, 0.6) is 0 Å². The molecule has 124 valence electrons. The Morgan fingerprint density at radius 1 is 1.26 bits per heavy atom. The largest absolute Gasteiger partial charge is 0.398 e. The van der Waals surface area contributed by atoms with Crippen molar-refractivity contribution in [3.63, 3.8) is 0 Å². The highest BCUT2D eigenvalue weighted by molar-refractivity contribution is 6.37. The predicted molar refractivity (Wildman–Crippen MR) is 87.2 cm³/mol. The van der Waals surface area contributed by atoms with E-state index in [4.69, 9.17) is 43.1 Å². The molecule has 1 aromatic carbocycles. The van der Waals surface area contributed by atoms with Gasteiger partial charge >= 0.3 is 0 Å². The van der Waals surface area contributed by atoms with Crippen LogP contribution in [0, 0.1) is 0 Å². The molecule has 1 aliphatic heterocycles. The number of halogens is 2. The molecule has 1 saturated carbocycles. The summed E-state index contributed by atoms with van der Waals surface area (Å²) < 4.78 is 17.0. The first kappa shape index (κ1) is 16.7. The van der Waals surface area contributed by atoms with Crippen molar-refractivity contribution in [2.45, 2.75) is 37.9 Å². The van der Waals surface area contributed by atoms with Gasteiger partial charge in [0.05, 0.1) is 21.3 Å². The van der Waals surface area contributed by atoms with Gasteiger partial charge in [-0.2, -0.15) is 0 Å². The Hall–Kier alpha value is -1.11. The second-order valence-electron chi connectivity index (χ2n) is 5.97. The summed E-state index contributed by atoms with van der Waals surface area (Å²) in [6, 6.07) is 5.03. The average Bonchev–Trinajstić information content (AvgIpc) is 2.90. The summed E-state index contributed by atoms with van der Waals surface area (Å²) in [5, 5.41) is 0.730. The lowest BCUT2D eigenvalue weighted by molar-refractivity contribution is -0.163. The standard InChI is InChI=1S/C16H17Cl2NO4/c1-16(2)22-14-12(20)10(13(21-3)15(14)23-16)11(19)9-7(17)5-4-6-8(9)18/h4-6,13-15H,19H2,1-3H3/b11-10-/t13-,14-,15+/m1/s1. The molecule has 0 aromatic heterocycles. The molecule has 0 spiro atoms. The minimum atomic E-state index is -0.843. The van der Waals surface area contributed by atoms with E-state index in [2.05, 4.69) is 0 Å². The van der Waals surface area contributed by atoms with Crippen LogP contribution >= 0.6 is 23.2 Å². The monoisotopic (exact) mass is 357 g/mol. The van der Waals surface area contributed by atoms with Crippen molar-refractivity contribution >= 4 is 34.7 Å². The van der Waals surface area contributed by atoms with Gasteiger partial charge in [0.2, 0.25) is 0 Å². The number of ether oxygens (including phenoxy) is 3. The minimum absolute atomic E-state index is 0.192. The Morgan fingerprint density at radius 2 is 1.87 bits per heavy atom. The van der Waals surface area contributed by atoms with Crippen LogP contribution in [0.15, 0.2) is 23.8 Å². The van der Waals surface area contributed by atoms with E-state index in [-0.39, 0.29) is 17.1 Å². The first-order valence-corrected chi connectivity index (χ1v) is 7.89. The zero-order chi connectivity index (χ0) is 16.9. The molecule has 1 heterocycles. The second kappa shape index (κ2) is 5.76. The van der Waals surface area contributed by atoms with Crippen molar-refractivity contribution in [1.29, 1.82) is 0 Å². The van der Waals surface area contributed by atoms with E-state index in [0.29, 0.717) is 15.6 Å². The lowest BCUT2D eigenvalue weighted by Crippen LogP contribution is -2.31. The molecule has 0 amide bonds. The van der Waals surface area contributed by atoms with Gasteiger partial charge in [0.15, 0.2) is 17.7 Å². The third kappa shape index (κ3) is 2.66. The van der Waals surface area contributed by atoms with Gasteiger partial charge < -0.3 is 19.9 Å². The summed E-state index contributed by atoms with van der Waals surface area (Å²) in [7, 11) is 1.50. The third-order valence-corrected chi connectivity index (χ3v) is 4.64. The normalized spacial score (nSPS) is 31.3. The molecule has 2 N–H and O–H groups in total. The molecule has 2 aliphatic rings. The maximum absolute atomic E-state index is 12.8. The van der Waals surface area contributed by atoms with Crippen molar-refractivity contribution in [2.75, 3.05) is 7.11 Å². The smallest absolute Gasteiger partial charge is 0.195 e. The Bertz CT molecular complexity index is 681. The summed E-state index contributed by atoms with van der Waals surface area (Å²) >= 11 is 12.4. The van der Waals surface area contributed by atoms with Crippen molar-refractivity contribution in [2.24, 2.45) is 5.73 Å². The highest BCUT2D eigenvalue weighted by Crippen LogP contribution is 2.43. The second-order valence-corrected chi connectivity index (χ2v) is 6.78. The Labute approximate surface area is 144 Å². The highest BCUT2D eigenvalue weighted by atomic mass is 35.5. The van der Waals surface area contributed by atoms with E-state index >= 15 is 0 Å². The number of hydrogen-bond acceptors (Lipinski definition) is 5. The SMILES string of the molecule is CO[C@@H]1/C(=C(\N)c2c(Cl)cccc2Cl)C(=O)[C@H]2OC(C)(C)O[C@H]21. The van der Waals surface area contributed by atoms with Gasteiger partial charge in [0.1, 0.15) is 12.2 Å². The Kier molecular flexibility index (Phi) is 4.19. The molecule has 0 radical (unpaired) electrons. The highest BCUT2D eigenvalue weighted by Gasteiger charge is 2.57. The van der Waals surface area contributed by atoms with E-state index in [1.165, 1.54) is 7.11 Å². The zero-order valence-electron chi connectivity index (χ0n) is 12.9. The molecule has 1 saturated heterocycles. The van der Waals surface area contributed by atoms with Crippen molar-refractivity contribution in [1.82, 2.24) is 0 Å². The van der Waals surface area contributed by atoms with Gasteiger partial charge in [-0.05, 0) is 26.0 Å². The number of carbonyl (C=O) groups excluding carboxylic acids is 1. The van der Waals surface area contributed by atoms with Gasteiger partial charge in [-0.1, -0.05) is 29.3 Å². The van der Waals surface area contributed by atoms with Crippen LogP contribution in [0.3, 0.4) is 0 Å². The van der Waals surface area contributed by atoms with Crippen LogP contribution < -0.4 is 5.73 Å². The fourth-order valence-electron chi connectivity index (χ4n) is 3.10. The molecule has 2 fully saturated rings. The molecule has 3 atom stereocenters. The fraction of sp³-hybridized carbons (Fsp3) is 0.438. The van der Waals surface area contributed by atoms with Crippen molar-refractivity contribution in [3.05, 3.63) is 39.4 Å². The van der Waals surface area contributed by atoms with Crippen LogP contribution in [0.1, 0.15) is 19.4 Å². The van der Waals surface area contributed by atoms with Gasteiger partial charge in [-0.15, -0.1) is 0 Å².